The molecule has 0 radical (unpaired) electrons. The Labute approximate surface area is 205 Å². The molecule has 7 heteroatoms. The van der Waals surface area contributed by atoms with Gasteiger partial charge in [0.15, 0.2) is 0 Å². The van der Waals surface area contributed by atoms with Crippen LogP contribution in [-0.2, 0) is 0 Å². The topological polar surface area (TPSA) is 82.3 Å². The number of carbonyl (C=O) groups is 1. The summed E-state index contributed by atoms with van der Waals surface area (Å²) in [4.78, 5) is 23.1. The van der Waals surface area contributed by atoms with Crippen LogP contribution in [-0.4, -0.2) is 42.1 Å². The lowest BCUT2D eigenvalue weighted by molar-refractivity contribution is 0.102. The first-order chi connectivity index (χ1) is 17.1. The van der Waals surface area contributed by atoms with Gasteiger partial charge in [0, 0.05) is 36.1 Å². The number of benzene rings is 3. The molecule has 0 aliphatic carbocycles. The van der Waals surface area contributed by atoms with Gasteiger partial charge < -0.3 is 25.3 Å². The number of hydrogen-bond acceptors (Lipinski definition) is 5. The molecule has 1 saturated heterocycles. The predicted octanol–water partition coefficient (Wildman–Crippen LogP) is 5.14. The fourth-order valence-corrected chi connectivity index (χ4v) is 4.62. The van der Waals surface area contributed by atoms with E-state index in [0.29, 0.717) is 11.6 Å². The summed E-state index contributed by atoms with van der Waals surface area (Å²) in [6.07, 6.45) is 2.14. The molecule has 0 bridgehead atoms. The molecule has 7 nitrogen and oxygen atoms in total. The van der Waals surface area contributed by atoms with E-state index in [1.807, 2.05) is 30.3 Å². The predicted molar refractivity (Wildman–Crippen MR) is 140 cm³/mol. The zero-order valence-electron chi connectivity index (χ0n) is 20.1. The smallest absolute Gasteiger partial charge is 0.255 e. The monoisotopic (exact) mass is 469 g/mol. The third-order valence-corrected chi connectivity index (χ3v) is 6.64. The second kappa shape index (κ2) is 10.2. The summed E-state index contributed by atoms with van der Waals surface area (Å²) in [6, 6.07) is 23.9. The number of nitrogens with one attached hydrogen (secondary N) is 3. The van der Waals surface area contributed by atoms with Crippen LogP contribution in [0, 0.1) is 0 Å². The number of para-hydroxylation sites is 2. The highest BCUT2D eigenvalue weighted by Gasteiger charge is 2.22. The summed E-state index contributed by atoms with van der Waals surface area (Å²) >= 11 is 0. The number of carbonyl (C=O) groups excluding carboxylic acids is 1. The normalized spacial score (nSPS) is 15.2. The van der Waals surface area contributed by atoms with Crippen molar-refractivity contribution in [2.24, 2.45) is 0 Å². The Morgan fingerprint density at radius 2 is 1.74 bits per heavy atom. The summed E-state index contributed by atoms with van der Waals surface area (Å²) in [7, 11) is 1.61. The lowest BCUT2D eigenvalue weighted by Crippen LogP contribution is -2.43. The molecular weight excluding hydrogens is 438 g/mol. The largest absolute Gasteiger partial charge is 0.497 e. The Hall–Kier alpha value is -3.84. The number of H-pyrrole nitrogens is 1. The van der Waals surface area contributed by atoms with Gasteiger partial charge in [-0.15, -0.1) is 0 Å². The fraction of sp³-hybridized carbons (Fsp3) is 0.286. The van der Waals surface area contributed by atoms with Gasteiger partial charge >= 0.3 is 0 Å². The average molecular weight is 470 g/mol. The van der Waals surface area contributed by atoms with E-state index < -0.39 is 0 Å². The van der Waals surface area contributed by atoms with Crippen LogP contribution in [0.25, 0.3) is 11.0 Å². The second-order valence-corrected chi connectivity index (χ2v) is 9.02. The Balaban J connectivity index is 1.12. The molecule has 0 unspecified atom stereocenters. The molecule has 1 amide bonds. The molecule has 3 aromatic carbocycles. The number of amides is 1. The highest BCUT2D eigenvalue weighted by Crippen LogP contribution is 2.24. The van der Waals surface area contributed by atoms with Crippen molar-refractivity contribution in [3.05, 3.63) is 84.2 Å². The van der Waals surface area contributed by atoms with Crippen LogP contribution in [0.4, 0.5) is 11.4 Å². The zero-order chi connectivity index (χ0) is 24.2. The van der Waals surface area contributed by atoms with Gasteiger partial charge in [0.05, 0.1) is 24.2 Å². The summed E-state index contributed by atoms with van der Waals surface area (Å²) in [6.45, 7) is 4.15. The highest BCUT2D eigenvalue weighted by molar-refractivity contribution is 6.04. The first-order valence-electron chi connectivity index (χ1n) is 12.1. The van der Waals surface area contributed by atoms with Crippen LogP contribution in [0.5, 0.6) is 5.75 Å². The molecule has 3 N–H and O–H groups in total. The van der Waals surface area contributed by atoms with E-state index in [-0.39, 0.29) is 11.9 Å². The van der Waals surface area contributed by atoms with Crippen molar-refractivity contribution >= 4 is 28.3 Å². The number of anilines is 2. The van der Waals surface area contributed by atoms with E-state index in [4.69, 9.17) is 9.72 Å². The van der Waals surface area contributed by atoms with Gasteiger partial charge in [-0.3, -0.25) is 4.79 Å². The van der Waals surface area contributed by atoms with Crippen molar-refractivity contribution in [2.75, 3.05) is 30.4 Å². The van der Waals surface area contributed by atoms with Gasteiger partial charge in [-0.05, 0) is 80.4 Å². The minimum absolute atomic E-state index is 0.133. The van der Waals surface area contributed by atoms with Crippen LogP contribution >= 0.6 is 0 Å². The van der Waals surface area contributed by atoms with Gasteiger partial charge in [0.25, 0.3) is 5.91 Å². The van der Waals surface area contributed by atoms with Gasteiger partial charge in [-0.2, -0.15) is 0 Å². The van der Waals surface area contributed by atoms with E-state index in [1.54, 1.807) is 31.4 Å². The molecule has 0 saturated carbocycles. The van der Waals surface area contributed by atoms with Crippen LogP contribution in [0.1, 0.15) is 42.0 Å². The molecule has 2 heterocycles. The van der Waals surface area contributed by atoms with E-state index in [1.165, 1.54) is 5.69 Å². The maximum absolute atomic E-state index is 12.5. The molecule has 1 aliphatic heterocycles. The highest BCUT2D eigenvalue weighted by atomic mass is 16.5. The maximum atomic E-state index is 12.5. The first kappa shape index (κ1) is 22.9. The van der Waals surface area contributed by atoms with E-state index in [2.05, 4.69) is 45.6 Å². The number of rotatable bonds is 7. The molecule has 1 aromatic heterocycles. The summed E-state index contributed by atoms with van der Waals surface area (Å²) in [5.74, 6) is 1.58. The number of methoxy groups -OCH3 is 1. The van der Waals surface area contributed by atoms with Gasteiger partial charge in [-0.1, -0.05) is 12.1 Å². The molecular formula is C28H31N5O2. The summed E-state index contributed by atoms with van der Waals surface area (Å²) in [5.41, 5.74) is 4.65. The second-order valence-electron chi connectivity index (χ2n) is 9.02. The number of imidazole rings is 1. The van der Waals surface area contributed by atoms with E-state index in [9.17, 15) is 4.79 Å². The summed E-state index contributed by atoms with van der Waals surface area (Å²) in [5, 5.41) is 6.71. The zero-order valence-corrected chi connectivity index (χ0v) is 20.1. The number of piperidine rings is 1. The number of nitrogens with zero attached hydrogens (tertiary/aromatic N) is 2. The van der Waals surface area contributed by atoms with Gasteiger partial charge in [0.1, 0.15) is 11.6 Å². The fourth-order valence-electron chi connectivity index (χ4n) is 4.62. The lowest BCUT2D eigenvalue weighted by Gasteiger charge is -2.35. The lowest BCUT2D eigenvalue weighted by atomic mass is 10.0. The van der Waals surface area contributed by atoms with Crippen LogP contribution in [0.2, 0.25) is 0 Å². The Morgan fingerprint density at radius 3 is 2.43 bits per heavy atom. The number of aromatic nitrogens is 2. The van der Waals surface area contributed by atoms with Crippen molar-refractivity contribution in [1.82, 2.24) is 15.3 Å². The Morgan fingerprint density at radius 1 is 1.03 bits per heavy atom. The molecule has 1 aliphatic rings. The molecule has 5 rings (SSSR count). The number of hydrogen-bond donors (Lipinski definition) is 3. The van der Waals surface area contributed by atoms with E-state index >= 15 is 0 Å². The molecule has 35 heavy (non-hydrogen) atoms. The van der Waals surface area contributed by atoms with Crippen LogP contribution < -0.4 is 20.3 Å². The van der Waals surface area contributed by atoms with Crippen LogP contribution in [0.15, 0.2) is 72.8 Å². The third-order valence-electron chi connectivity index (χ3n) is 6.64. The van der Waals surface area contributed by atoms with Crippen molar-refractivity contribution in [2.45, 2.75) is 31.8 Å². The van der Waals surface area contributed by atoms with Crippen molar-refractivity contribution < 1.29 is 9.53 Å². The third kappa shape index (κ3) is 5.30. The minimum atomic E-state index is -0.133. The number of ether oxygens (including phenoxy) is 1. The van der Waals surface area contributed by atoms with Crippen molar-refractivity contribution in [1.29, 1.82) is 0 Å². The summed E-state index contributed by atoms with van der Waals surface area (Å²) < 4.78 is 5.15. The maximum Gasteiger partial charge on any atom is 0.255 e. The molecule has 1 fully saturated rings. The molecule has 180 valence electrons. The van der Waals surface area contributed by atoms with Gasteiger partial charge in [-0.25, -0.2) is 4.98 Å². The van der Waals surface area contributed by atoms with Crippen molar-refractivity contribution in [3.63, 3.8) is 0 Å². The quantitative estimate of drug-likeness (QED) is 0.349. The standard InChI is InChI=1S/C28H31N5O2/c1-19(27-31-25-5-3-4-6-26(25)32-27)29-22-15-17-33(18-16-22)23-11-9-21(10-12-23)30-28(34)20-7-13-24(35-2)14-8-20/h3-14,19,22,29H,15-18H2,1-2H3,(H,30,34)(H,31,32)/t19-/m0/s1. The SMILES string of the molecule is COc1ccc(C(=O)Nc2ccc(N3CCC(N[C@@H](C)c4nc5ccccc5[nH]4)CC3)cc2)cc1. The molecule has 4 aromatic rings. The van der Waals surface area contributed by atoms with E-state index in [0.717, 1.165) is 54.2 Å². The number of aromatic amines is 1. The van der Waals surface area contributed by atoms with Gasteiger partial charge in [0.2, 0.25) is 0 Å². The molecule has 1 atom stereocenters. The average Bonchev–Trinajstić information content (AvgIpc) is 3.34. The number of fused-ring (bicyclic) bond motifs is 1. The Kier molecular flexibility index (Phi) is 6.68. The Bertz CT molecular complexity index is 1240. The molecule has 0 spiro atoms. The van der Waals surface area contributed by atoms with Crippen LogP contribution in [0.3, 0.4) is 0 Å². The minimum Gasteiger partial charge on any atom is -0.497 e. The van der Waals surface area contributed by atoms with Crippen molar-refractivity contribution in [3.8, 4) is 5.75 Å². The first-order valence-corrected chi connectivity index (χ1v) is 12.1.